The van der Waals surface area contributed by atoms with Crippen molar-refractivity contribution in [2.24, 2.45) is 0 Å². The van der Waals surface area contributed by atoms with Crippen molar-refractivity contribution < 1.29 is 19.4 Å². The summed E-state index contributed by atoms with van der Waals surface area (Å²) in [5, 5.41) is 8.52. The van der Waals surface area contributed by atoms with E-state index < -0.39 is 6.10 Å². The van der Waals surface area contributed by atoms with Gasteiger partial charge < -0.3 is 14.6 Å². The van der Waals surface area contributed by atoms with Gasteiger partial charge in [0.15, 0.2) is 0 Å². The zero-order valence-electron chi connectivity index (χ0n) is 6.16. The lowest BCUT2D eigenvalue weighted by Crippen LogP contribution is -2.23. The molecule has 0 aromatic heterocycles. The van der Waals surface area contributed by atoms with Gasteiger partial charge in [-0.3, -0.25) is 4.79 Å². The fourth-order valence-electron chi connectivity index (χ4n) is 0.406. The summed E-state index contributed by atoms with van der Waals surface area (Å²) in [7, 11) is 1.45. The van der Waals surface area contributed by atoms with Crippen LogP contribution in [0.25, 0.3) is 0 Å². The van der Waals surface area contributed by atoms with Crippen LogP contribution in [0.4, 0.5) is 0 Å². The number of aliphatic hydroxyl groups is 1. The van der Waals surface area contributed by atoms with Crippen molar-refractivity contribution in [2.45, 2.75) is 13.0 Å². The van der Waals surface area contributed by atoms with Crippen LogP contribution in [0.3, 0.4) is 0 Å². The molecule has 1 N–H and O–H groups in total. The van der Waals surface area contributed by atoms with E-state index in [1.807, 2.05) is 0 Å². The Morgan fingerprint density at radius 1 is 1.70 bits per heavy atom. The lowest BCUT2D eigenvalue weighted by atomic mass is 10.4. The molecule has 0 aliphatic heterocycles. The van der Waals surface area contributed by atoms with E-state index in [1.165, 1.54) is 14.0 Å². The minimum absolute atomic E-state index is 0.113. The van der Waals surface area contributed by atoms with E-state index in [0.29, 0.717) is 0 Å². The number of rotatable bonds is 4. The number of hydrogen-bond donors (Lipinski definition) is 1. The average Bonchev–Trinajstić information content (AvgIpc) is 1.90. The van der Waals surface area contributed by atoms with Crippen LogP contribution in [0.2, 0.25) is 0 Å². The van der Waals surface area contributed by atoms with E-state index in [4.69, 9.17) is 9.84 Å². The molecule has 0 rings (SSSR count). The van der Waals surface area contributed by atoms with Crippen LogP contribution in [0.15, 0.2) is 0 Å². The molecule has 0 aliphatic rings. The van der Waals surface area contributed by atoms with Crippen LogP contribution in [0.1, 0.15) is 6.92 Å². The van der Waals surface area contributed by atoms with Crippen LogP contribution in [0, 0.1) is 0 Å². The summed E-state index contributed by atoms with van der Waals surface area (Å²) >= 11 is 0. The lowest BCUT2D eigenvalue weighted by molar-refractivity contribution is -0.145. The monoisotopic (exact) mass is 148 g/mol. The second-order valence-corrected chi connectivity index (χ2v) is 1.84. The van der Waals surface area contributed by atoms with Gasteiger partial charge in [0.05, 0.1) is 6.61 Å². The van der Waals surface area contributed by atoms with E-state index >= 15 is 0 Å². The molecule has 0 saturated carbocycles. The first-order valence-electron chi connectivity index (χ1n) is 2.97. The van der Waals surface area contributed by atoms with E-state index in [2.05, 4.69) is 4.74 Å². The van der Waals surface area contributed by atoms with Gasteiger partial charge in [0.2, 0.25) is 0 Å². The largest absolute Gasteiger partial charge is 0.463 e. The summed E-state index contributed by atoms with van der Waals surface area (Å²) in [6.07, 6.45) is -0.399. The number of carbonyl (C=O) groups excluding carboxylic acids is 1. The smallest absolute Gasteiger partial charge is 0.302 e. The summed E-state index contributed by atoms with van der Waals surface area (Å²) in [6.45, 7) is 1.29. The fourth-order valence-corrected chi connectivity index (χ4v) is 0.406. The first-order valence-corrected chi connectivity index (χ1v) is 2.97. The maximum Gasteiger partial charge on any atom is 0.302 e. The Bertz CT molecular complexity index is 97.9. The standard InChI is InChI=1S/C6H12O4/c1-5(8)10-4-6(3-7)9-2/h6-7H,3-4H2,1-2H3. The Hall–Kier alpha value is -0.610. The van der Waals surface area contributed by atoms with Crippen LogP contribution >= 0.6 is 0 Å². The molecule has 0 amide bonds. The van der Waals surface area contributed by atoms with Gasteiger partial charge in [-0.05, 0) is 0 Å². The van der Waals surface area contributed by atoms with Gasteiger partial charge in [0.25, 0.3) is 0 Å². The first-order chi connectivity index (χ1) is 4.70. The van der Waals surface area contributed by atoms with Gasteiger partial charge >= 0.3 is 5.97 Å². The molecule has 0 heterocycles. The molecule has 0 aromatic carbocycles. The average molecular weight is 148 g/mol. The summed E-state index contributed by atoms with van der Waals surface area (Å²) in [4.78, 5) is 10.2. The molecule has 0 saturated heterocycles. The Kier molecular flexibility index (Phi) is 4.88. The molecular formula is C6H12O4. The van der Waals surface area contributed by atoms with Crippen molar-refractivity contribution in [1.29, 1.82) is 0 Å². The molecule has 1 atom stereocenters. The summed E-state index contributed by atoms with van der Waals surface area (Å²) in [5.41, 5.74) is 0. The molecule has 0 aliphatic carbocycles. The third kappa shape index (κ3) is 4.29. The van der Waals surface area contributed by atoms with E-state index in [1.54, 1.807) is 0 Å². The van der Waals surface area contributed by atoms with E-state index in [9.17, 15) is 4.79 Å². The van der Waals surface area contributed by atoms with Gasteiger partial charge in [0.1, 0.15) is 12.7 Å². The van der Waals surface area contributed by atoms with Crippen LogP contribution in [0.5, 0.6) is 0 Å². The van der Waals surface area contributed by atoms with Crippen molar-refractivity contribution in [3.05, 3.63) is 0 Å². The number of aliphatic hydroxyl groups excluding tert-OH is 1. The van der Waals surface area contributed by atoms with Crippen molar-refractivity contribution in [3.63, 3.8) is 0 Å². The van der Waals surface area contributed by atoms with Crippen LogP contribution < -0.4 is 0 Å². The molecule has 0 aromatic rings. The maximum absolute atomic E-state index is 10.2. The highest BCUT2D eigenvalue weighted by Crippen LogP contribution is 1.89. The maximum atomic E-state index is 10.2. The highest BCUT2D eigenvalue weighted by atomic mass is 16.6. The zero-order chi connectivity index (χ0) is 7.98. The molecule has 4 nitrogen and oxygen atoms in total. The highest BCUT2D eigenvalue weighted by Gasteiger charge is 2.05. The molecule has 60 valence electrons. The van der Waals surface area contributed by atoms with Crippen LogP contribution in [-0.4, -0.2) is 37.5 Å². The molecule has 10 heavy (non-hydrogen) atoms. The van der Waals surface area contributed by atoms with Gasteiger partial charge in [-0.2, -0.15) is 0 Å². The Morgan fingerprint density at radius 2 is 2.30 bits per heavy atom. The third-order valence-electron chi connectivity index (χ3n) is 1.01. The molecule has 4 heteroatoms. The zero-order valence-corrected chi connectivity index (χ0v) is 6.16. The Labute approximate surface area is 59.7 Å². The van der Waals surface area contributed by atoms with Crippen molar-refractivity contribution in [2.75, 3.05) is 20.3 Å². The molecule has 0 spiro atoms. The molecule has 1 unspecified atom stereocenters. The van der Waals surface area contributed by atoms with E-state index in [0.717, 1.165) is 0 Å². The number of hydrogen-bond acceptors (Lipinski definition) is 4. The SMILES string of the molecule is COC(CO)COC(C)=O. The summed E-state index contributed by atoms with van der Waals surface area (Å²) in [5.74, 6) is -0.365. The van der Waals surface area contributed by atoms with E-state index in [-0.39, 0.29) is 19.2 Å². The lowest BCUT2D eigenvalue weighted by Gasteiger charge is -2.10. The Morgan fingerprint density at radius 3 is 2.60 bits per heavy atom. The van der Waals surface area contributed by atoms with Crippen LogP contribution in [-0.2, 0) is 14.3 Å². The van der Waals surface area contributed by atoms with Crippen molar-refractivity contribution in [1.82, 2.24) is 0 Å². The van der Waals surface area contributed by atoms with Gasteiger partial charge in [-0.15, -0.1) is 0 Å². The van der Waals surface area contributed by atoms with Crippen molar-refractivity contribution >= 4 is 5.97 Å². The normalized spacial score (nSPS) is 12.7. The third-order valence-corrected chi connectivity index (χ3v) is 1.01. The summed E-state index contributed by atoms with van der Waals surface area (Å²) < 4.78 is 9.28. The highest BCUT2D eigenvalue weighted by molar-refractivity contribution is 5.65. The second-order valence-electron chi connectivity index (χ2n) is 1.84. The summed E-state index contributed by atoms with van der Waals surface area (Å²) in [6, 6.07) is 0. The van der Waals surface area contributed by atoms with Gasteiger partial charge in [-0.1, -0.05) is 0 Å². The van der Waals surface area contributed by atoms with Gasteiger partial charge in [-0.25, -0.2) is 0 Å². The minimum Gasteiger partial charge on any atom is -0.463 e. The first kappa shape index (κ1) is 9.39. The quantitative estimate of drug-likeness (QED) is 0.549. The number of esters is 1. The number of ether oxygens (including phenoxy) is 2. The number of carbonyl (C=O) groups is 1. The van der Waals surface area contributed by atoms with Gasteiger partial charge in [0, 0.05) is 14.0 Å². The predicted molar refractivity (Wildman–Crippen MR) is 34.5 cm³/mol. The second kappa shape index (κ2) is 5.20. The fraction of sp³-hybridized carbons (Fsp3) is 0.833. The predicted octanol–water partition coefficient (Wildman–Crippen LogP) is -0.443. The molecule has 0 radical (unpaired) electrons. The molecule has 0 bridgehead atoms. The topological polar surface area (TPSA) is 55.8 Å². The molecule has 0 fully saturated rings. The minimum atomic E-state index is -0.399. The Balaban J connectivity index is 3.34. The van der Waals surface area contributed by atoms with Crippen molar-refractivity contribution in [3.8, 4) is 0 Å². The number of methoxy groups -OCH3 is 1. The molecular weight excluding hydrogens is 136 g/mol.